The van der Waals surface area contributed by atoms with Gasteiger partial charge in [-0.05, 0) is 31.4 Å². The summed E-state index contributed by atoms with van der Waals surface area (Å²) < 4.78 is 0. The first-order chi connectivity index (χ1) is 9.22. The Bertz CT molecular complexity index is 402. The van der Waals surface area contributed by atoms with Crippen LogP contribution >= 0.6 is 0 Å². The highest BCUT2D eigenvalue weighted by molar-refractivity contribution is 5.84. The highest BCUT2D eigenvalue weighted by atomic mass is 15.2. The molecule has 0 bridgehead atoms. The molecule has 0 aromatic heterocycles. The van der Waals surface area contributed by atoms with Gasteiger partial charge in [0.15, 0.2) is 0 Å². The van der Waals surface area contributed by atoms with Gasteiger partial charge in [-0.2, -0.15) is 0 Å². The second-order valence-corrected chi connectivity index (χ2v) is 5.47. The fourth-order valence-corrected chi connectivity index (χ4v) is 3.07. The van der Waals surface area contributed by atoms with Gasteiger partial charge in [-0.3, -0.25) is 10.3 Å². The van der Waals surface area contributed by atoms with Gasteiger partial charge in [0.05, 0.1) is 11.8 Å². The third kappa shape index (κ3) is 3.57. The summed E-state index contributed by atoms with van der Waals surface area (Å²) >= 11 is 0. The fourth-order valence-electron chi connectivity index (χ4n) is 3.07. The summed E-state index contributed by atoms with van der Waals surface area (Å²) in [6.07, 6.45) is 5.09. The molecule has 2 atom stereocenters. The highest BCUT2D eigenvalue weighted by Crippen LogP contribution is 2.24. The minimum Gasteiger partial charge on any atom is -0.387 e. The molecule has 1 saturated heterocycles. The SMILES string of the molecule is CCC1CCCCN1CC(C(=N)N)c1ccccc1. The normalized spacial score (nSPS) is 22.1. The molecule has 0 radical (unpaired) electrons. The lowest BCUT2D eigenvalue weighted by molar-refractivity contribution is 0.142. The third-order valence-corrected chi connectivity index (χ3v) is 4.21. The van der Waals surface area contributed by atoms with Crippen LogP contribution < -0.4 is 5.73 Å². The molecule has 1 aromatic rings. The monoisotopic (exact) mass is 259 g/mol. The molecule has 2 unspecified atom stereocenters. The molecule has 3 N–H and O–H groups in total. The van der Waals surface area contributed by atoms with E-state index in [0.29, 0.717) is 6.04 Å². The summed E-state index contributed by atoms with van der Waals surface area (Å²) in [5, 5.41) is 7.88. The van der Waals surface area contributed by atoms with Gasteiger partial charge < -0.3 is 5.73 Å². The summed E-state index contributed by atoms with van der Waals surface area (Å²) in [4.78, 5) is 2.53. The van der Waals surface area contributed by atoms with Crippen molar-refractivity contribution in [3.8, 4) is 0 Å². The summed E-state index contributed by atoms with van der Waals surface area (Å²) in [6, 6.07) is 10.9. The summed E-state index contributed by atoms with van der Waals surface area (Å²) in [6.45, 7) is 4.29. The number of likely N-dealkylation sites (tertiary alicyclic amines) is 1. The van der Waals surface area contributed by atoms with E-state index in [-0.39, 0.29) is 11.8 Å². The Morgan fingerprint density at radius 1 is 1.37 bits per heavy atom. The topological polar surface area (TPSA) is 53.1 Å². The molecule has 1 fully saturated rings. The van der Waals surface area contributed by atoms with E-state index in [1.807, 2.05) is 18.2 Å². The minimum absolute atomic E-state index is 0.0355. The maximum absolute atomic E-state index is 7.88. The number of rotatable bonds is 5. The van der Waals surface area contributed by atoms with Crippen LogP contribution in [0.1, 0.15) is 44.1 Å². The smallest absolute Gasteiger partial charge is 0.0995 e. The van der Waals surface area contributed by atoms with Crippen molar-refractivity contribution in [1.29, 1.82) is 5.41 Å². The molecule has 0 saturated carbocycles. The number of nitrogens with two attached hydrogens (primary N) is 1. The van der Waals surface area contributed by atoms with Crippen molar-refractivity contribution in [3.05, 3.63) is 35.9 Å². The van der Waals surface area contributed by atoms with Crippen molar-refractivity contribution in [2.24, 2.45) is 5.73 Å². The third-order valence-electron chi connectivity index (χ3n) is 4.21. The van der Waals surface area contributed by atoms with E-state index in [0.717, 1.165) is 18.7 Å². The molecular formula is C16H25N3. The van der Waals surface area contributed by atoms with Gasteiger partial charge in [0, 0.05) is 12.6 Å². The number of nitrogens with one attached hydrogen (secondary N) is 1. The molecule has 2 rings (SSSR count). The maximum Gasteiger partial charge on any atom is 0.0995 e. The van der Waals surface area contributed by atoms with Crippen LogP contribution in [-0.2, 0) is 0 Å². The molecule has 0 spiro atoms. The van der Waals surface area contributed by atoms with Crippen molar-refractivity contribution in [3.63, 3.8) is 0 Å². The van der Waals surface area contributed by atoms with E-state index in [4.69, 9.17) is 11.1 Å². The van der Waals surface area contributed by atoms with Crippen molar-refractivity contribution in [1.82, 2.24) is 4.90 Å². The van der Waals surface area contributed by atoms with E-state index in [9.17, 15) is 0 Å². The van der Waals surface area contributed by atoms with E-state index in [1.54, 1.807) is 0 Å². The minimum atomic E-state index is 0.0355. The standard InChI is InChI=1S/C16H25N3/c1-2-14-10-6-7-11-19(14)12-15(16(17)18)13-8-4-3-5-9-13/h3-5,8-9,14-15H,2,6-7,10-12H2,1H3,(H3,17,18). The Morgan fingerprint density at radius 3 is 2.74 bits per heavy atom. The molecule has 1 aromatic carbocycles. The number of hydrogen-bond donors (Lipinski definition) is 2. The number of benzene rings is 1. The fraction of sp³-hybridized carbons (Fsp3) is 0.562. The highest BCUT2D eigenvalue weighted by Gasteiger charge is 2.25. The zero-order valence-corrected chi connectivity index (χ0v) is 11.8. The van der Waals surface area contributed by atoms with Crippen LogP contribution in [0.3, 0.4) is 0 Å². The average Bonchev–Trinajstić information content (AvgIpc) is 2.45. The van der Waals surface area contributed by atoms with Gasteiger partial charge in [-0.15, -0.1) is 0 Å². The Hall–Kier alpha value is -1.35. The van der Waals surface area contributed by atoms with Crippen LogP contribution in [0.25, 0.3) is 0 Å². The zero-order valence-electron chi connectivity index (χ0n) is 11.8. The van der Waals surface area contributed by atoms with Gasteiger partial charge in [0.25, 0.3) is 0 Å². The molecule has 3 heteroatoms. The average molecular weight is 259 g/mol. The van der Waals surface area contributed by atoms with Crippen LogP contribution in [0, 0.1) is 5.41 Å². The summed E-state index contributed by atoms with van der Waals surface area (Å²) in [7, 11) is 0. The van der Waals surface area contributed by atoms with Crippen molar-refractivity contribution in [2.45, 2.75) is 44.6 Å². The first kappa shape index (κ1) is 14.1. The molecule has 1 aliphatic heterocycles. The molecule has 104 valence electrons. The lowest BCUT2D eigenvalue weighted by Gasteiger charge is -2.37. The Balaban J connectivity index is 2.10. The second-order valence-electron chi connectivity index (χ2n) is 5.47. The van der Waals surface area contributed by atoms with Crippen LogP contribution in [0.15, 0.2) is 30.3 Å². The van der Waals surface area contributed by atoms with Crippen LogP contribution in [0.2, 0.25) is 0 Å². The van der Waals surface area contributed by atoms with Gasteiger partial charge in [0.1, 0.15) is 0 Å². The van der Waals surface area contributed by atoms with Crippen molar-refractivity contribution in [2.75, 3.05) is 13.1 Å². The van der Waals surface area contributed by atoms with E-state index < -0.39 is 0 Å². The van der Waals surface area contributed by atoms with Crippen LogP contribution in [0.4, 0.5) is 0 Å². The predicted octanol–water partition coefficient (Wildman–Crippen LogP) is 2.97. The molecule has 1 heterocycles. The quantitative estimate of drug-likeness (QED) is 0.631. The molecule has 3 nitrogen and oxygen atoms in total. The number of piperidine rings is 1. The molecule has 0 amide bonds. The van der Waals surface area contributed by atoms with Crippen LogP contribution in [-0.4, -0.2) is 29.9 Å². The summed E-state index contributed by atoms with van der Waals surface area (Å²) in [5.41, 5.74) is 6.99. The number of nitrogens with zero attached hydrogens (tertiary/aromatic N) is 1. The Morgan fingerprint density at radius 2 is 2.11 bits per heavy atom. The van der Waals surface area contributed by atoms with Crippen molar-refractivity contribution < 1.29 is 0 Å². The number of amidine groups is 1. The second kappa shape index (κ2) is 6.71. The zero-order chi connectivity index (χ0) is 13.7. The van der Waals surface area contributed by atoms with Crippen molar-refractivity contribution >= 4 is 5.84 Å². The predicted molar refractivity (Wildman–Crippen MR) is 80.6 cm³/mol. The Labute approximate surface area is 116 Å². The largest absolute Gasteiger partial charge is 0.387 e. The van der Waals surface area contributed by atoms with Gasteiger partial charge in [-0.1, -0.05) is 43.7 Å². The molecular weight excluding hydrogens is 234 g/mol. The molecule has 0 aliphatic carbocycles. The molecule has 1 aliphatic rings. The summed E-state index contributed by atoms with van der Waals surface area (Å²) in [5.74, 6) is 0.319. The first-order valence-electron chi connectivity index (χ1n) is 7.35. The first-order valence-corrected chi connectivity index (χ1v) is 7.35. The maximum atomic E-state index is 7.88. The lowest BCUT2D eigenvalue weighted by atomic mass is 9.93. The van der Waals surface area contributed by atoms with Gasteiger partial charge in [-0.25, -0.2) is 0 Å². The number of hydrogen-bond acceptors (Lipinski definition) is 2. The Kier molecular flexibility index (Phi) is 4.97. The molecule has 19 heavy (non-hydrogen) atoms. The van der Waals surface area contributed by atoms with Gasteiger partial charge in [0.2, 0.25) is 0 Å². The van der Waals surface area contributed by atoms with E-state index >= 15 is 0 Å². The van der Waals surface area contributed by atoms with E-state index in [1.165, 1.54) is 25.7 Å². The lowest BCUT2D eigenvalue weighted by Crippen LogP contribution is -2.43. The van der Waals surface area contributed by atoms with Crippen LogP contribution in [0.5, 0.6) is 0 Å². The van der Waals surface area contributed by atoms with E-state index in [2.05, 4.69) is 24.0 Å². The van der Waals surface area contributed by atoms with Gasteiger partial charge >= 0.3 is 0 Å².